The molecule has 1 aromatic carbocycles. The first-order valence-corrected chi connectivity index (χ1v) is 10.4. The summed E-state index contributed by atoms with van der Waals surface area (Å²) in [5, 5.41) is 0. The molecule has 0 atom stereocenters. The molecule has 0 unspecified atom stereocenters. The SMILES string of the molecule is COc1ccc(C2=CCN(c3ncn(Cc4ccc(C(F)(F)F)s4)c(=O)n3)CC2)cc1F. The van der Waals surface area contributed by atoms with E-state index < -0.39 is 22.6 Å². The zero-order chi connectivity index (χ0) is 22.9. The Kier molecular flexibility index (Phi) is 6.00. The first-order chi connectivity index (χ1) is 15.2. The molecule has 0 spiro atoms. The van der Waals surface area contributed by atoms with Gasteiger partial charge in [0.05, 0.1) is 13.7 Å². The van der Waals surface area contributed by atoms with Gasteiger partial charge >= 0.3 is 11.9 Å². The van der Waals surface area contributed by atoms with Crippen molar-refractivity contribution < 1.29 is 22.3 Å². The number of aromatic nitrogens is 3. The van der Waals surface area contributed by atoms with Gasteiger partial charge in [-0.15, -0.1) is 11.3 Å². The lowest BCUT2D eigenvalue weighted by molar-refractivity contribution is -0.134. The van der Waals surface area contributed by atoms with Crippen LogP contribution in [0.4, 0.5) is 23.5 Å². The Morgan fingerprint density at radius 1 is 1.22 bits per heavy atom. The van der Waals surface area contributed by atoms with Crippen LogP contribution in [0.5, 0.6) is 5.75 Å². The van der Waals surface area contributed by atoms with Gasteiger partial charge in [0, 0.05) is 18.0 Å². The van der Waals surface area contributed by atoms with E-state index in [0.717, 1.165) is 17.2 Å². The molecule has 168 valence electrons. The summed E-state index contributed by atoms with van der Waals surface area (Å²) in [6.07, 6.45) is -0.597. The number of nitrogens with zero attached hydrogens (tertiary/aromatic N) is 4. The molecule has 32 heavy (non-hydrogen) atoms. The van der Waals surface area contributed by atoms with Gasteiger partial charge in [-0.25, -0.2) is 14.2 Å². The highest BCUT2D eigenvalue weighted by Gasteiger charge is 2.32. The molecule has 3 heterocycles. The maximum absolute atomic E-state index is 14.0. The summed E-state index contributed by atoms with van der Waals surface area (Å²) in [5.41, 5.74) is 1.13. The van der Waals surface area contributed by atoms with Gasteiger partial charge in [0.1, 0.15) is 11.2 Å². The predicted octanol–water partition coefficient (Wildman–Crippen LogP) is 4.21. The van der Waals surface area contributed by atoms with Crippen LogP contribution in [0.2, 0.25) is 0 Å². The molecule has 11 heteroatoms. The number of methoxy groups -OCH3 is 1. The van der Waals surface area contributed by atoms with Crippen LogP contribution in [0.1, 0.15) is 21.7 Å². The van der Waals surface area contributed by atoms with Crippen molar-refractivity contribution in [3.63, 3.8) is 0 Å². The molecule has 2 aromatic heterocycles. The van der Waals surface area contributed by atoms with Gasteiger partial charge in [-0.1, -0.05) is 12.1 Å². The van der Waals surface area contributed by atoms with Crippen LogP contribution in [0, 0.1) is 5.82 Å². The summed E-state index contributed by atoms with van der Waals surface area (Å²) in [5.74, 6) is -0.0177. The average molecular weight is 466 g/mol. The number of hydrogen-bond acceptors (Lipinski definition) is 6. The van der Waals surface area contributed by atoms with E-state index in [4.69, 9.17) is 4.74 Å². The van der Waals surface area contributed by atoms with E-state index in [1.807, 2.05) is 11.0 Å². The number of anilines is 1. The van der Waals surface area contributed by atoms with E-state index >= 15 is 0 Å². The highest BCUT2D eigenvalue weighted by molar-refractivity contribution is 7.12. The van der Waals surface area contributed by atoms with Gasteiger partial charge < -0.3 is 9.64 Å². The summed E-state index contributed by atoms with van der Waals surface area (Å²) in [4.78, 5) is 22.0. The van der Waals surface area contributed by atoms with E-state index in [2.05, 4.69) is 9.97 Å². The molecule has 0 saturated heterocycles. The number of rotatable bonds is 5. The Labute approximate surface area is 184 Å². The van der Waals surface area contributed by atoms with Crippen LogP contribution in [-0.4, -0.2) is 34.7 Å². The number of alkyl halides is 3. The molecule has 0 radical (unpaired) electrons. The molecule has 0 N–H and O–H groups in total. The summed E-state index contributed by atoms with van der Waals surface area (Å²) < 4.78 is 58.3. The fourth-order valence-corrected chi connectivity index (χ4v) is 4.25. The molecule has 1 aliphatic heterocycles. The number of hydrogen-bond donors (Lipinski definition) is 0. The molecule has 1 aliphatic rings. The van der Waals surface area contributed by atoms with Crippen molar-refractivity contribution in [3.05, 3.63) is 74.4 Å². The van der Waals surface area contributed by atoms with Gasteiger partial charge in [-0.3, -0.25) is 4.57 Å². The van der Waals surface area contributed by atoms with Crippen molar-refractivity contribution in [1.82, 2.24) is 14.5 Å². The van der Waals surface area contributed by atoms with Crippen LogP contribution in [0.3, 0.4) is 0 Å². The Balaban J connectivity index is 1.45. The van der Waals surface area contributed by atoms with Crippen molar-refractivity contribution in [3.8, 4) is 5.75 Å². The molecule has 6 nitrogen and oxygen atoms in total. The average Bonchev–Trinajstić information content (AvgIpc) is 3.24. The van der Waals surface area contributed by atoms with Crippen LogP contribution in [0.25, 0.3) is 5.57 Å². The van der Waals surface area contributed by atoms with Gasteiger partial charge in [-0.2, -0.15) is 18.2 Å². The largest absolute Gasteiger partial charge is 0.494 e. The lowest BCUT2D eigenvalue weighted by atomic mass is 9.99. The minimum absolute atomic E-state index is 0.0348. The maximum atomic E-state index is 14.0. The molecule has 0 amide bonds. The molecule has 0 aliphatic carbocycles. The van der Waals surface area contributed by atoms with Crippen LogP contribution >= 0.6 is 11.3 Å². The third kappa shape index (κ3) is 4.67. The lowest BCUT2D eigenvalue weighted by Crippen LogP contribution is -2.33. The standard InChI is InChI=1S/C21H18F4N4O2S/c1-31-17-4-2-14(10-16(17)22)13-6-8-28(9-7-13)19-26-12-29(20(30)27-19)11-15-3-5-18(32-15)21(23,24)25/h2-6,10,12H,7-9,11H2,1H3. The van der Waals surface area contributed by atoms with Gasteiger partial charge in [-0.05, 0) is 41.8 Å². The molecule has 0 saturated carbocycles. The zero-order valence-electron chi connectivity index (χ0n) is 16.9. The van der Waals surface area contributed by atoms with E-state index in [9.17, 15) is 22.4 Å². The van der Waals surface area contributed by atoms with Crippen molar-refractivity contribution in [2.45, 2.75) is 19.1 Å². The van der Waals surface area contributed by atoms with Crippen molar-refractivity contribution in [2.24, 2.45) is 0 Å². The molecule has 0 fully saturated rings. The topological polar surface area (TPSA) is 60.2 Å². The van der Waals surface area contributed by atoms with Crippen molar-refractivity contribution in [2.75, 3.05) is 25.1 Å². The maximum Gasteiger partial charge on any atom is 0.425 e. The summed E-state index contributed by atoms with van der Waals surface area (Å²) in [7, 11) is 1.41. The first-order valence-electron chi connectivity index (χ1n) is 9.62. The molecule has 3 aromatic rings. The zero-order valence-corrected chi connectivity index (χ0v) is 17.7. The minimum atomic E-state index is -4.41. The molecular formula is C21H18F4N4O2S. The number of ether oxygens (including phenoxy) is 1. The number of benzene rings is 1. The molecule has 0 bridgehead atoms. The monoisotopic (exact) mass is 466 g/mol. The lowest BCUT2D eigenvalue weighted by Gasteiger charge is -2.26. The van der Waals surface area contributed by atoms with E-state index in [0.29, 0.717) is 35.7 Å². The van der Waals surface area contributed by atoms with Crippen LogP contribution in [0.15, 0.2) is 47.5 Å². The summed E-state index contributed by atoms with van der Waals surface area (Å²) in [6.45, 7) is 0.933. The summed E-state index contributed by atoms with van der Waals surface area (Å²) >= 11 is 0.584. The fraction of sp³-hybridized carbons (Fsp3) is 0.286. The first kappa shape index (κ1) is 22.0. The second-order valence-corrected chi connectivity index (χ2v) is 8.27. The van der Waals surface area contributed by atoms with Crippen LogP contribution in [-0.2, 0) is 12.7 Å². The van der Waals surface area contributed by atoms with Crippen molar-refractivity contribution >= 4 is 22.9 Å². The quantitative estimate of drug-likeness (QED) is 0.528. The Bertz CT molecular complexity index is 1220. The second kappa shape index (κ2) is 8.73. The van der Waals surface area contributed by atoms with Gasteiger partial charge in [0.15, 0.2) is 11.6 Å². The number of thiophene rings is 1. The molecular weight excluding hydrogens is 448 g/mol. The van der Waals surface area contributed by atoms with Gasteiger partial charge in [0.25, 0.3) is 0 Å². The highest BCUT2D eigenvalue weighted by atomic mass is 32.1. The summed E-state index contributed by atoms with van der Waals surface area (Å²) in [6, 6.07) is 7.12. The van der Waals surface area contributed by atoms with Crippen LogP contribution < -0.4 is 15.3 Å². The predicted molar refractivity (Wildman–Crippen MR) is 112 cm³/mol. The van der Waals surface area contributed by atoms with E-state index in [-0.39, 0.29) is 18.2 Å². The highest BCUT2D eigenvalue weighted by Crippen LogP contribution is 2.34. The van der Waals surface area contributed by atoms with Crippen molar-refractivity contribution in [1.29, 1.82) is 0 Å². The third-order valence-electron chi connectivity index (χ3n) is 5.04. The Morgan fingerprint density at radius 2 is 2.03 bits per heavy atom. The number of halogens is 4. The molecule has 4 rings (SSSR count). The normalized spacial score (nSPS) is 14.4. The third-order valence-corrected chi connectivity index (χ3v) is 6.15. The Morgan fingerprint density at radius 3 is 2.62 bits per heavy atom. The minimum Gasteiger partial charge on any atom is -0.494 e. The van der Waals surface area contributed by atoms with Gasteiger partial charge in [0.2, 0.25) is 5.95 Å². The smallest absolute Gasteiger partial charge is 0.425 e. The fourth-order valence-electron chi connectivity index (χ4n) is 3.37. The second-order valence-electron chi connectivity index (χ2n) is 7.11. The Hall–Kier alpha value is -3.21. The van der Waals surface area contributed by atoms with E-state index in [1.165, 1.54) is 30.1 Å². The van der Waals surface area contributed by atoms with E-state index in [1.54, 1.807) is 12.1 Å².